The van der Waals surface area contributed by atoms with Crippen LogP contribution in [0, 0.1) is 6.92 Å². The normalized spacial score (nSPS) is 10.4. The molecular weight excluding hydrogens is 436 g/mol. The molecule has 174 valence electrons. The van der Waals surface area contributed by atoms with Crippen LogP contribution < -0.4 is 25.5 Å². The summed E-state index contributed by atoms with van der Waals surface area (Å²) in [6.07, 6.45) is 1.33. The van der Waals surface area contributed by atoms with E-state index in [9.17, 15) is 14.4 Å². The van der Waals surface area contributed by atoms with Crippen molar-refractivity contribution in [1.29, 1.82) is 0 Å². The van der Waals surface area contributed by atoms with Crippen LogP contribution in [0.4, 0.5) is 11.4 Å². The molecule has 34 heavy (non-hydrogen) atoms. The van der Waals surface area contributed by atoms with E-state index in [4.69, 9.17) is 9.47 Å². The van der Waals surface area contributed by atoms with Crippen molar-refractivity contribution in [2.45, 2.75) is 6.92 Å². The van der Waals surface area contributed by atoms with Gasteiger partial charge in [-0.2, -0.15) is 5.10 Å². The Hall–Kier alpha value is -4.66. The minimum absolute atomic E-state index is 0.186. The maximum atomic E-state index is 12.7. The monoisotopic (exact) mass is 460 g/mol. The van der Waals surface area contributed by atoms with Gasteiger partial charge in [0.1, 0.15) is 11.5 Å². The highest BCUT2D eigenvalue weighted by atomic mass is 16.5. The number of hydrazone groups is 1. The summed E-state index contributed by atoms with van der Waals surface area (Å²) in [6, 6.07) is 18.7. The van der Waals surface area contributed by atoms with Crippen molar-refractivity contribution in [3.8, 4) is 11.5 Å². The molecule has 3 aromatic carbocycles. The van der Waals surface area contributed by atoms with E-state index >= 15 is 0 Å². The highest BCUT2D eigenvalue weighted by Gasteiger charge is 2.18. The first-order chi connectivity index (χ1) is 16.4. The van der Waals surface area contributed by atoms with Crippen LogP contribution in [0.3, 0.4) is 0 Å². The third kappa shape index (κ3) is 6.19. The number of hydrogen-bond acceptors (Lipinski definition) is 6. The van der Waals surface area contributed by atoms with Crippen molar-refractivity contribution in [2.24, 2.45) is 5.10 Å². The first-order valence-corrected chi connectivity index (χ1v) is 10.2. The third-order valence-electron chi connectivity index (χ3n) is 4.74. The minimum atomic E-state index is -1.01. The molecule has 0 aliphatic heterocycles. The number of methoxy groups -OCH3 is 2. The first-order valence-electron chi connectivity index (χ1n) is 10.2. The van der Waals surface area contributed by atoms with E-state index < -0.39 is 17.7 Å². The Morgan fingerprint density at radius 2 is 1.59 bits per heavy atom. The summed E-state index contributed by atoms with van der Waals surface area (Å²) in [5.74, 6) is -1.33. The van der Waals surface area contributed by atoms with Gasteiger partial charge in [0.2, 0.25) is 0 Å². The van der Waals surface area contributed by atoms with Crippen LogP contribution in [0.1, 0.15) is 21.5 Å². The number of hydrogen-bond donors (Lipinski definition) is 3. The zero-order chi connectivity index (χ0) is 24.5. The number of carbonyl (C=O) groups is 3. The molecule has 0 aliphatic rings. The van der Waals surface area contributed by atoms with Crippen molar-refractivity contribution in [3.05, 3.63) is 83.4 Å². The molecule has 3 aromatic rings. The number of ether oxygens (including phenoxy) is 2. The van der Waals surface area contributed by atoms with E-state index in [1.165, 1.54) is 26.5 Å². The van der Waals surface area contributed by atoms with Gasteiger partial charge < -0.3 is 20.1 Å². The number of carbonyl (C=O) groups excluding carboxylic acids is 3. The Labute approximate surface area is 196 Å². The Balaban J connectivity index is 1.65. The van der Waals surface area contributed by atoms with E-state index in [-0.39, 0.29) is 11.3 Å². The van der Waals surface area contributed by atoms with Crippen molar-refractivity contribution < 1.29 is 23.9 Å². The molecule has 0 saturated heterocycles. The van der Waals surface area contributed by atoms with E-state index in [0.717, 1.165) is 5.56 Å². The summed E-state index contributed by atoms with van der Waals surface area (Å²) in [5.41, 5.74) is 4.75. The third-order valence-corrected chi connectivity index (χ3v) is 4.74. The van der Waals surface area contributed by atoms with E-state index in [2.05, 4.69) is 21.2 Å². The first kappa shape index (κ1) is 24.0. The molecule has 3 rings (SSSR count). The second kappa shape index (κ2) is 11.3. The molecule has 0 heterocycles. The van der Waals surface area contributed by atoms with Gasteiger partial charge in [0.05, 0.1) is 31.7 Å². The standard InChI is InChI=1S/C25H24N4O5/c1-16-8-10-18(11-9-16)27-23(30)20-6-4-5-7-21(20)28-24(31)25(32)29-26-15-17-14-19(33-2)12-13-22(17)34-3/h4-15H,1-3H3,(H,27,30)(H,28,31)(H,29,32). The van der Waals surface area contributed by atoms with Gasteiger partial charge in [0.25, 0.3) is 5.91 Å². The van der Waals surface area contributed by atoms with Gasteiger partial charge >= 0.3 is 11.8 Å². The lowest BCUT2D eigenvalue weighted by Gasteiger charge is -2.11. The average Bonchev–Trinajstić information content (AvgIpc) is 2.85. The average molecular weight is 460 g/mol. The second-order valence-electron chi connectivity index (χ2n) is 7.13. The Bertz CT molecular complexity index is 1220. The van der Waals surface area contributed by atoms with Crippen LogP contribution in [-0.2, 0) is 9.59 Å². The van der Waals surface area contributed by atoms with Gasteiger partial charge in [-0.3, -0.25) is 14.4 Å². The molecule has 0 unspecified atom stereocenters. The summed E-state index contributed by atoms with van der Waals surface area (Å²) < 4.78 is 10.4. The highest BCUT2D eigenvalue weighted by molar-refractivity contribution is 6.40. The fraction of sp³-hybridized carbons (Fsp3) is 0.120. The van der Waals surface area contributed by atoms with E-state index in [0.29, 0.717) is 22.7 Å². The molecule has 3 amide bonds. The lowest BCUT2D eigenvalue weighted by molar-refractivity contribution is -0.136. The summed E-state index contributed by atoms with van der Waals surface area (Å²) in [7, 11) is 3.02. The lowest BCUT2D eigenvalue weighted by Crippen LogP contribution is -2.33. The predicted molar refractivity (Wildman–Crippen MR) is 129 cm³/mol. The lowest BCUT2D eigenvalue weighted by atomic mass is 10.1. The molecule has 0 fully saturated rings. The van der Waals surface area contributed by atoms with E-state index in [1.54, 1.807) is 48.5 Å². The van der Waals surface area contributed by atoms with Gasteiger partial charge in [-0.1, -0.05) is 29.8 Å². The van der Waals surface area contributed by atoms with Crippen molar-refractivity contribution in [2.75, 3.05) is 24.9 Å². The number of anilines is 2. The molecule has 0 bridgehead atoms. The molecule has 9 heteroatoms. The van der Waals surface area contributed by atoms with Crippen LogP contribution in [0.15, 0.2) is 71.8 Å². The highest BCUT2D eigenvalue weighted by Crippen LogP contribution is 2.22. The zero-order valence-electron chi connectivity index (χ0n) is 18.9. The zero-order valence-corrected chi connectivity index (χ0v) is 18.9. The van der Waals surface area contributed by atoms with Gasteiger partial charge in [-0.25, -0.2) is 5.43 Å². The molecule has 0 aliphatic carbocycles. The molecule has 9 nitrogen and oxygen atoms in total. The number of benzene rings is 3. The predicted octanol–water partition coefficient (Wildman–Crippen LogP) is 3.35. The van der Waals surface area contributed by atoms with Crippen LogP contribution in [-0.4, -0.2) is 38.2 Å². The SMILES string of the molecule is COc1ccc(OC)c(C=NNC(=O)C(=O)Nc2ccccc2C(=O)Nc2ccc(C)cc2)c1. The van der Waals surface area contributed by atoms with Crippen LogP contribution >= 0.6 is 0 Å². The number of rotatable bonds is 7. The van der Waals surface area contributed by atoms with Crippen molar-refractivity contribution in [1.82, 2.24) is 5.43 Å². The number of nitrogens with one attached hydrogen (secondary N) is 3. The van der Waals surface area contributed by atoms with Crippen molar-refractivity contribution >= 4 is 35.3 Å². The fourth-order valence-electron chi connectivity index (χ4n) is 2.96. The smallest absolute Gasteiger partial charge is 0.329 e. The van der Waals surface area contributed by atoms with E-state index in [1.807, 2.05) is 19.1 Å². The topological polar surface area (TPSA) is 118 Å². The van der Waals surface area contributed by atoms with Crippen LogP contribution in [0.5, 0.6) is 11.5 Å². The van der Waals surface area contributed by atoms with Gasteiger partial charge in [-0.05, 0) is 49.4 Å². The summed E-state index contributed by atoms with van der Waals surface area (Å²) >= 11 is 0. The maximum Gasteiger partial charge on any atom is 0.329 e. The quantitative estimate of drug-likeness (QED) is 0.284. The van der Waals surface area contributed by atoms with Crippen LogP contribution in [0.2, 0.25) is 0 Å². The molecule has 0 aromatic heterocycles. The largest absolute Gasteiger partial charge is 0.497 e. The molecule has 0 atom stereocenters. The Kier molecular flexibility index (Phi) is 7.96. The molecule has 0 saturated carbocycles. The number of para-hydroxylation sites is 1. The number of amides is 3. The van der Waals surface area contributed by atoms with Crippen molar-refractivity contribution in [3.63, 3.8) is 0 Å². The molecule has 3 N–H and O–H groups in total. The van der Waals surface area contributed by atoms with Gasteiger partial charge in [0, 0.05) is 11.3 Å². The van der Waals surface area contributed by atoms with Crippen LogP contribution in [0.25, 0.3) is 0 Å². The Morgan fingerprint density at radius 1 is 0.853 bits per heavy atom. The fourth-order valence-corrected chi connectivity index (χ4v) is 2.96. The maximum absolute atomic E-state index is 12.7. The Morgan fingerprint density at radius 3 is 2.29 bits per heavy atom. The summed E-state index contributed by atoms with van der Waals surface area (Å²) in [6.45, 7) is 1.94. The molecule has 0 spiro atoms. The van der Waals surface area contributed by atoms with Gasteiger partial charge in [0.15, 0.2) is 0 Å². The van der Waals surface area contributed by atoms with Gasteiger partial charge in [-0.15, -0.1) is 0 Å². The molecular formula is C25H24N4O5. The number of nitrogens with zero attached hydrogens (tertiary/aromatic N) is 1. The number of aryl methyl sites for hydroxylation is 1. The minimum Gasteiger partial charge on any atom is -0.497 e. The summed E-state index contributed by atoms with van der Waals surface area (Å²) in [4.78, 5) is 37.3. The second-order valence-corrected chi connectivity index (χ2v) is 7.13. The molecule has 0 radical (unpaired) electrons. The summed E-state index contributed by atoms with van der Waals surface area (Å²) in [5, 5.41) is 9.02.